The fraction of sp³-hybridized carbons (Fsp3) is 0.429. The van der Waals surface area contributed by atoms with Crippen LogP contribution in [0.2, 0.25) is 0 Å². The van der Waals surface area contributed by atoms with Gasteiger partial charge in [-0.2, -0.15) is 5.26 Å². The highest BCUT2D eigenvalue weighted by Gasteiger charge is 2.15. The van der Waals surface area contributed by atoms with Crippen LogP contribution in [0.3, 0.4) is 0 Å². The van der Waals surface area contributed by atoms with Crippen molar-refractivity contribution in [3.8, 4) is 11.8 Å². The second kappa shape index (κ2) is 6.05. The summed E-state index contributed by atoms with van der Waals surface area (Å²) >= 11 is 0. The first-order valence-corrected chi connectivity index (χ1v) is 5.67. The van der Waals surface area contributed by atoms with Crippen LogP contribution in [-0.2, 0) is 0 Å². The van der Waals surface area contributed by atoms with Gasteiger partial charge >= 0.3 is 0 Å². The number of para-hydroxylation sites is 1. The van der Waals surface area contributed by atoms with E-state index >= 15 is 0 Å². The number of aldehydes is 1. The first-order valence-electron chi connectivity index (χ1n) is 5.67. The fourth-order valence-corrected chi connectivity index (χ4v) is 1.46. The van der Waals surface area contributed by atoms with Crippen molar-refractivity contribution in [2.24, 2.45) is 5.41 Å². The maximum atomic E-state index is 10.7. The van der Waals surface area contributed by atoms with Gasteiger partial charge in [-0.05, 0) is 38.8 Å². The third-order valence-corrected chi connectivity index (χ3v) is 2.55. The van der Waals surface area contributed by atoms with E-state index in [1.54, 1.807) is 18.2 Å². The molecule has 0 N–H and O–H groups in total. The lowest BCUT2D eigenvalue weighted by atomic mass is 9.90. The quantitative estimate of drug-likeness (QED) is 0.558. The van der Waals surface area contributed by atoms with Crippen molar-refractivity contribution in [2.75, 3.05) is 6.61 Å². The Morgan fingerprint density at radius 1 is 1.41 bits per heavy atom. The number of nitrogens with zero attached hydrogens (tertiary/aromatic N) is 1. The number of ether oxygens (including phenoxy) is 1. The maximum absolute atomic E-state index is 10.7. The van der Waals surface area contributed by atoms with Gasteiger partial charge in [0.1, 0.15) is 5.75 Å². The minimum atomic E-state index is -0.312. The molecule has 0 amide bonds. The molecule has 0 radical (unpaired) electrons. The van der Waals surface area contributed by atoms with Gasteiger partial charge in [0.25, 0.3) is 0 Å². The van der Waals surface area contributed by atoms with Crippen molar-refractivity contribution >= 4 is 6.29 Å². The lowest BCUT2D eigenvalue weighted by Crippen LogP contribution is -2.10. The molecule has 3 nitrogen and oxygen atoms in total. The number of benzene rings is 1. The normalized spacial score (nSPS) is 10.6. The van der Waals surface area contributed by atoms with Crippen molar-refractivity contribution < 1.29 is 9.53 Å². The molecule has 0 aliphatic rings. The predicted octanol–water partition coefficient (Wildman–Crippen LogP) is 3.21. The van der Waals surface area contributed by atoms with Crippen LogP contribution in [0.25, 0.3) is 0 Å². The zero-order valence-electron chi connectivity index (χ0n) is 10.3. The molecular formula is C14H17NO2. The number of rotatable bonds is 6. The summed E-state index contributed by atoms with van der Waals surface area (Å²) in [6.07, 6.45) is 2.37. The fourth-order valence-electron chi connectivity index (χ4n) is 1.46. The highest BCUT2D eigenvalue weighted by molar-refractivity contribution is 5.79. The highest BCUT2D eigenvalue weighted by Crippen LogP contribution is 2.21. The van der Waals surface area contributed by atoms with Crippen molar-refractivity contribution in [1.29, 1.82) is 5.26 Å². The summed E-state index contributed by atoms with van der Waals surface area (Å²) in [5, 5.41) is 8.86. The highest BCUT2D eigenvalue weighted by atomic mass is 16.5. The summed E-state index contributed by atoms with van der Waals surface area (Å²) < 4.78 is 5.53. The Labute approximate surface area is 102 Å². The van der Waals surface area contributed by atoms with E-state index < -0.39 is 0 Å². The van der Waals surface area contributed by atoms with Gasteiger partial charge in [-0.25, -0.2) is 0 Å². The van der Waals surface area contributed by atoms with Crippen LogP contribution in [0.4, 0.5) is 0 Å². The van der Waals surface area contributed by atoms with Crippen LogP contribution in [0, 0.1) is 16.7 Å². The third-order valence-electron chi connectivity index (χ3n) is 2.55. The molecule has 0 aliphatic carbocycles. The molecule has 3 heteroatoms. The SMILES string of the molecule is CC(C)(C#N)CCCOc1ccccc1C=O. The van der Waals surface area contributed by atoms with Gasteiger partial charge in [0.05, 0.1) is 23.7 Å². The molecule has 0 atom stereocenters. The van der Waals surface area contributed by atoms with E-state index in [4.69, 9.17) is 10.00 Å². The number of carbonyl (C=O) groups excluding carboxylic acids is 1. The molecule has 0 saturated heterocycles. The van der Waals surface area contributed by atoms with E-state index in [-0.39, 0.29) is 5.41 Å². The molecule has 0 aromatic heterocycles. The van der Waals surface area contributed by atoms with Crippen molar-refractivity contribution in [3.63, 3.8) is 0 Å². The third kappa shape index (κ3) is 4.28. The van der Waals surface area contributed by atoms with Crippen LogP contribution < -0.4 is 4.74 Å². The zero-order valence-corrected chi connectivity index (χ0v) is 10.3. The van der Waals surface area contributed by atoms with Gasteiger partial charge in [0, 0.05) is 0 Å². The van der Waals surface area contributed by atoms with Crippen LogP contribution in [0.5, 0.6) is 5.75 Å². The van der Waals surface area contributed by atoms with Crippen LogP contribution >= 0.6 is 0 Å². The second-order valence-electron chi connectivity index (χ2n) is 4.60. The lowest BCUT2D eigenvalue weighted by molar-refractivity contribution is 0.111. The second-order valence-corrected chi connectivity index (χ2v) is 4.60. The van der Waals surface area contributed by atoms with Gasteiger partial charge in [0.15, 0.2) is 6.29 Å². The summed E-state index contributed by atoms with van der Waals surface area (Å²) in [5.41, 5.74) is 0.250. The molecule has 0 fully saturated rings. The Balaban J connectivity index is 2.42. The molecule has 0 spiro atoms. The van der Waals surface area contributed by atoms with E-state index in [0.717, 1.165) is 19.1 Å². The predicted molar refractivity (Wildman–Crippen MR) is 66.0 cm³/mol. The summed E-state index contributed by atoms with van der Waals surface area (Å²) in [5.74, 6) is 0.609. The standard InChI is InChI=1S/C14H17NO2/c1-14(2,11-15)8-5-9-17-13-7-4-3-6-12(13)10-16/h3-4,6-7,10H,5,8-9H2,1-2H3. The van der Waals surface area contributed by atoms with E-state index in [1.165, 1.54) is 0 Å². The molecule has 0 saturated carbocycles. The van der Waals surface area contributed by atoms with Gasteiger partial charge in [-0.15, -0.1) is 0 Å². The van der Waals surface area contributed by atoms with E-state index in [9.17, 15) is 4.79 Å². The van der Waals surface area contributed by atoms with Crippen LogP contribution in [0.1, 0.15) is 37.0 Å². The Hall–Kier alpha value is -1.82. The summed E-state index contributed by atoms with van der Waals surface area (Å²) in [7, 11) is 0. The number of hydrogen-bond donors (Lipinski definition) is 0. The monoisotopic (exact) mass is 231 g/mol. The molecule has 0 heterocycles. The van der Waals surface area contributed by atoms with Gasteiger partial charge in [0.2, 0.25) is 0 Å². The van der Waals surface area contributed by atoms with E-state index in [0.29, 0.717) is 17.9 Å². The van der Waals surface area contributed by atoms with Gasteiger partial charge in [-0.3, -0.25) is 4.79 Å². The van der Waals surface area contributed by atoms with E-state index in [1.807, 2.05) is 19.9 Å². The molecule has 1 rings (SSSR count). The Morgan fingerprint density at radius 2 is 2.12 bits per heavy atom. The Morgan fingerprint density at radius 3 is 2.76 bits per heavy atom. The van der Waals surface area contributed by atoms with Crippen molar-refractivity contribution in [2.45, 2.75) is 26.7 Å². The Bertz CT molecular complexity index is 418. The molecule has 1 aromatic carbocycles. The Kier molecular flexibility index (Phi) is 4.71. The average Bonchev–Trinajstić information content (AvgIpc) is 2.35. The van der Waals surface area contributed by atoms with Crippen molar-refractivity contribution in [3.05, 3.63) is 29.8 Å². The minimum Gasteiger partial charge on any atom is -0.493 e. The van der Waals surface area contributed by atoms with Crippen LogP contribution in [-0.4, -0.2) is 12.9 Å². The number of carbonyl (C=O) groups is 1. The number of hydrogen-bond acceptors (Lipinski definition) is 3. The largest absolute Gasteiger partial charge is 0.493 e. The number of nitriles is 1. The molecule has 1 aromatic rings. The summed E-state index contributed by atoms with van der Waals surface area (Å²) in [4.78, 5) is 10.7. The first-order chi connectivity index (χ1) is 8.09. The minimum absolute atomic E-state index is 0.312. The zero-order chi connectivity index (χ0) is 12.7. The first kappa shape index (κ1) is 13.2. The lowest BCUT2D eigenvalue weighted by Gasteiger charge is -2.15. The molecule has 90 valence electrons. The average molecular weight is 231 g/mol. The maximum Gasteiger partial charge on any atom is 0.153 e. The van der Waals surface area contributed by atoms with Gasteiger partial charge in [-0.1, -0.05) is 12.1 Å². The summed E-state index contributed by atoms with van der Waals surface area (Å²) in [6.45, 7) is 4.34. The van der Waals surface area contributed by atoms with Gasteiger partial charge < -0.3 is 4.74 Å². The molecular weight excluding hydrogens is 214 g/mol. The topological polar surface area (TPSA) is 50.1 Å². The molecule has 0 aliphatic heterocycles. The molecule has 0 bridgehead atoms. The molecule has 17 heavy (non-hydrogen) atoms. The smallest absolute Gasteiger partial charge is 0.153 e. The van der Waals surface area contributed by atoms with Crippen LogP contribution in [0.15, 0.2) is 24.3 Å². The van der Waals surface area contributed by atoms with E-state index in [2.05, 4.69) is 6.07 Å². The summed E-state index contributed by atoms with van der Waals surface area (Å²) in [6, 6.07) is 9.39. The van der Waals surface area contributed by atoms with Crippen molar-refractivity contribution in [1.82, 2.24) is 0 Å². The molecule has 0 unspecified atom stereocenters.